The smallest absolute Gasteiger partial charge is 0.128 e. The molecule has 1 saturated carbocycles. The van der Waals surface area contributed by atoms with Crippen LogP contribution in [0.1, 0.15) is 401 Å². The van der Waals surface area contributed by atoms with Crippen LogP contribution in [0.15, 0.2) is 34.3 Å². The van der Waals surface area contributed by atoms with Gasteiger partial charge in [0.05, 0.1) is 117 Å². The molecule has 2 aromatic rings. The second-order valence-corrected chi connectivity index (χ2v) is 34.6. The van der Waals surface area contributed by atoms with Gasteiger partial charge in [0.25, 0.3) is 0 Å². The molecule has 8 heteroatoms. The zero-order valence-corrected chi connectivity index (χ0v) is 69.1. The Balaban J connectivity index is 2.26. The molecule has 0 bridgehead atoms. The number of unbranched alkanes of at least 4 members (excludes halogenated alkanes) is 12. The van der Waals surface area contributed by atoms with Crippen molar-refractivity contribution < 1.29 is 28.1 Å². The molecule has 0 heterocycles. The molecule has 0 aliphatic heterocycles. The lowest BCUT2D eigenvalue weighted by atomic mass is 9.80. The Morgan fingerprint density at radius 1 is 0.327 bits per heavy atom. The molecule has 2 N–H and O–H groups in total. The fraction of sp³-hybridized carbons (Fsp3) is 0.844. The van der Waals surface area contributed by atoms with Crippen molar-refractivity contribution >= 4 is 12.4 Å². The van der Waals surface area contributed by atoms with E-state index in [9.17, 15) is 10.2 Å². The molecule has 98 heavy (non-hydrogen) atoms. The van der Waals surface area contributed by atoms with Gasteiger partial charge in [-0.1, -0.05) is 227 Å². The molecule has 0 spiro atoms. The second kappa shape index (κ2) is 49.0. The number of hydrogen-bond donors (Lipinski definition) is 2. The van der Waals surface area contributed by atoms with E-state index in [0.717, 1.165) is 47.9 Å². The maximum Gasteiger partial charge on any atom is 0.128 e. The first-order valence-electron chi connectivity index (χ1n) is 43.3. The first-order chi connectivity index (χ1) is 47.1. The van der Waals surface area contributed by atoms with Crippen LogP contribution in [-0.2, 0) is 10.8 Å². The fourth-order valence-electron chi connectivity index (χ4n) is 17.2. The number of hydrogen-bond acceptors (Lipinski definition) is 4. The molecule has 1 fully saturated rings. The quantitative estimate of drug-likeness (QED) is 0.0512. The Kier molecular flexibility index (Phi) is 44.7. The first-order valence-corrected chi connectivity index (χ1v) is 43.3. The number of phenols is 2. The molecular weight excluding hydrogens is 1200 g/mol. The minimum atomic E-state index is -0.241. The fourth-order valence-corrected chi connectivity index (χ4v) is 17.2. The summed E-state index contributed by atoms with van der Waals surface area (Å²) in [6.07, 6.45) is 49.1. The van der Waals surface area contributed by atoms with Crippen molar-refractivity contribution in [2.75, 3.05) is 105 Å². The van der Waals surface area contributed by atoms with Crippen LogP contribution >= 0.6 is 0 Å². The molecule has 1 aliphatic carbocycles. The summed E-state index contributed by atoms with van der Waals surface area (Å²) in [6, 6.07) is 9.63. The van der Waals surface area contributed by atoms with Crippen molar-refractivity contribution in [2.45, 2.75) is 391 Å². The van der Waals surface area contributed by atoms with E-state index in [1.165, 1.54) is 339 Å². The third kappa shape index (κ3) is 31.7. The molecule has 0 radical (unpaired) electrons. The van der Waals surface area contributed by atoms with Crippen molar-refractivity contribution in [1.29, 1.82) is 0 Å². The van der Waals surface area contributed by atoms with Gasteiger partial charge in [-0.05, 0) is 187 Å². The molecule has 0 amide bonds. The maximum absolute atomic E-state index is 12.6. The van der Waals surface area contributed by atoms with Gasteiger partial charge in [0.15, 0.2) is 0 Å². The van der Waals surface area contributed by atoms with Crippen LogP contribution in [0.2, 0.25) is 0 Å². The maximum atomic E-state index is 12.6. The summed E-state index contributed by atoms with van der Waals surface area (Å²) >= 11 is 0. The highest BCUT2D eigenvalue weighted by Gasteiger charge is 2.34. The van der Waals surface area contributed by atoms with Crippen molar-refractivity contribution in [2.24, 2.45) is 9.98 Å². The molecule has 8 nitrogen and oxygen atoms in total. The number of rotatable bonds is 58. The van der Waals surface area contributed by atoms with Gasteiger partial charge >= 0.3 is 0 Å². The Labute approximate surface area is 611 Å². The van der Waals surface area contributed by atoms with Crippen molar-refractivity contribution in [3.63, 3.8) is 0 Å². The summed E-state index contributed by atoms with van der Waals surface area (Å²) in [5.74, 6) is 1.62. The SMILES string of the molecule is CCCC[N+](CCCC)(CCCC)CCCC(CCC[N+](CCCC)(CCCC)CCCC)c1cc(C=N[C@H]2CCCC[C@@H]2N=Cc2cc(C(CCC[N+](CCCC)(CCCC)CCCC)CCC[N+](CCCC)(CCCC)CCCC)cc(C(C)(C)C)c2O)c(O)c(C(C)(C)C)c1. The molecule has 2 aromatic carbocycles. The molecular formula is C90H170N6O2+4. The van der Waals surface area contributed by atoms with Crippen LogP contribution in [0.4, 0.5) is 0 Å². The topological polar surface area (TPSA) is 65.2 Å². The number of benzene rings is 2. The largest absolute Gasteiger partial charge is 0.507 e. The molecule has 3 rings (SSSR count). The van der Waals surface area contributed by atoms with Gasteiger partial charge in [-0.25, -0.2) is 0 Å². The van der Waals surface area contributed by atoms with E-state index in [-0.39, 0.29) is 22.9 Å². The summed E-state index contributed by atoms with van der Waals surface area (Å²) in [7, 11) is 0. The third-order valence-electron chi connectivity index (χ3n) is 24.0. The Hall–Kier alpha value is -2.78. The van der Waals surface area contributed by atoms with E-state index < -0.39 is 0 Å². The van der Waals surface area contributed by atoms with Crippen LogP contribution < -0.4 is 0 Å². The summed E-state index contributed by atoms with van der Waals surface area (Å²) < 4.78 is 5.16. The minimum Gasteiger partial charge on any atom is -0.507 e. The molecule has 0 aromatic heterocycles. The van der Waals surface area contributed by atoms with E-state index in [2.05, 4.69) is 161 Å². The first kappa shape index (κ1) is 89.4. The molecule has 2 atom stereocenters. The number of nitrogens with zero attached hydrogens (tertiary/aromatic N) is 6. The lowest BCUT2D eigenvalue weighted by Crippen LogP contribution is -2.51. The number of phenolic OH excluding ortho intramolecular Hbond substituents is 2. The van der Waals surface area contributed by atoms with Gasteiger partial charge < -0.3 is 28.1 Å². The van der Waals surface area contributed by atoms with Gasteiger partial charge in [-0.2, -0.15) is 0 Å². The van der Waals surface area contributed by atoms with Gasteiger partial charge in [0, 0.05) is 34.7 Å². The van der Waals surface area contributed by atoms with Crippen LogP contribution in [-0.4, -0.2) is 157 Å². The van der Waals surface area contributed by atoms with Crippen molar-refractivity contribution in [1.82, 2.24) is 0 Å². The zero-order valence-electron chi connectivity index (χ0n) is 69.1. The number of aromatic hydroxyl groups is 2. The van der Waals surface area contributed by atoms with Gasteiger partial charge in [0.2, 0.25) is 0 Å². The van der Waals surface area contributed by atoms with Gasteiger partial charge in [-0.3, -0.25) is 9.98 Å². The Morgan fingerprint density at radius 2 is 0.520 bits per heavy atom. The molecule has 1 aliphatic rings. The lowest BCUT2D eigenvalue weighted by Gasteiger charge is -2.40. The Bertz CT molecular complexity index is 2080. The second-order valence-electron chi connectivity index (χ2n) is 34.6. The summed E-state index contributed by atoms with van der Waals surface area (Å²) in [5.41, 5.74) is 6.18. The average Bonchev–Trinajstić information content (AvgIpc) is 0.796. The van der Waals surface area contributed by atoms with Crippen LogP contribution in [0.25, 0.3) is 0 Å². The number of quaternary nitrogens is 4. The normalized spacial score (nSPS) is 15.6. The minimum absolute atomic E-state index is 0.00404. The highest BCUT2D eigenvalue weighted by atomic mass is 16.3. The number of aliphatic imine (C=N–C) groups is 2. The van der Waals surface area contributed by atoms with E-state index in [4.69, 9.17) is 9.98 Å². The van der Waals surface area contributed by atoms with Crippen molar-refractivity contribution in [3.05, 3.63) is 57.6 Å². The zero-order chi connectivity index (χ0) is 72.4. The van der Waals surface area contributed by atoms with Crippen molar-refractivity contribution in [3.8, 4) is 11.5 Å². The highest BCUT2D eigenvalue weighted by Crippen LogP contribution is 2.41. The third-order valence-corrected chi connectivity index (χ3v) is 24.0. The standard InChI is InChI=1S/C90H168N6O2/c1-19-31-55-93(56-32-20-2,57-33-21-3)67-45-49-77(50-46-68-94(58-34-22-4,59-35-23-5)60-36-24-6)79-71-81(87(97)83(73-79)89(13,14)15)75-91-85-53-43-44-54-86(85)92-76-82-72-80(74-84(88(82)98)90(16,17)18)78(51-47-69-95(61-37-25-7,62-38-26-8)63-39-27-9)52-48-70-96(64-40-28-10,65-41-29-11)66-42-30-12/h71-78,85-86H,19-70H2,1-18H3/q+2/p+2/t85-,86-/m0/s1. The summed E-state index contributed by atoms with van der Waals surface area (Å²) in [5, 5.41) is 25.1. The monoisotopic (exact) mass is 1370 g/mol. The predicted octanol–water partition coefficient (Wildman–Crippen LogP) is 24.7. The predicted molar refractivity (Wildman–Crippen MR) is 435 cm³/mol. The van der Waals surface area contributed by atoms with Crippen LogP contribution in [0, 0.1) is 0 Å². The molecule has 0 saturated heterocycles. The van der Waals surface area contributed by atoms with Gasteiger partial charge in [0.1, 0.15) is 11.5 Å². The van der Waals surface area contributed by atoms with Crippen LogP contribution in [0.5, 0.6) is 11.5 Å². The van der Waals surface area contributed by atoms with E-state index in [1.54, 1.807) is 0 Å². The summed E-state index contributed by atoms with van der Waals surface area (Å²) in [4.78, 5) is 11.1. The molecule has 0 unspecified atom stereocenters. The van der Waals surface area contributed by atoms with Gasteiger partial charge in [-0.15, -0.1) is 0 Å². The average molecular weight is 1370 g/mol. The summed E-state index contributed by atoms with van der Waals surface area (Å²) in [6.45, 7) is 63.2. The highest BCUT2D eigenvalue weighted by molar-refractivity contribution is 5.86. The van der Waals surface area contributed by atoms with E-state index >= 15 is 0 Å². The van der Waals surface area contributed by atoms with Crippen LogP contribution in [0.3, 0.4) is 0 Å². The lowest BCUT2D eigenvalue weighted by molar-refractivity contribution is -0.929. The van der Waals surface area contributed by atoms with E-state index in [0.29, 0.717) is 23.3 Å². The Morgan fingerprint density at radius 3 is 0.704 bits per heavy atom. The van der Waals surface area contributed by atoms with E-state index in [1.807, 2.05) is 0 Å². The molecule has 568 valence electrons.